The van der Waals surface area contributed by atoms with E-state index in [-0.39, 0.29) is 11.8 Å². The summed E-state index contributed by atoms with van der Waals surface area (Å²) in [6, 6.07) is 0. The van der Waals surface area contributed by atoms with Crippen LogP contribution in [0, 0.1) is 18.3 Å². The van der Waals surface area contributed by atoms with E-state index in [1.165, 1.54) is 0 Å². The predicted octanol–water partition coefficient (Wildman–Crippen LogP) is 1.48. The van der Waals surface area contributed by atoms with E-state index in [2.05, 4.69) is 23.4 Å². The van der Waals surface area contributed by atoms with Gasteiger partial charge in [0.15, 0.2) is 0 Å². The first-order chi connectivity index (χ1) is 6.34. The Morgan fingerprint density at radius 3 is 2.85 bits per heavy atom. The number of carbonyl (C=O) groups excluding carboxylic acids is 1. The van der Waals surface area contributed by atoms with Crippen molar-refractivity contribution in [2.75, 3.05) is 6.54 Å². The molecular weight excluding hydrogens is 162 g/mol. The molecule has 1 rings (SSSR count). The molecular formula is C11H15NO. The number of hydrogen-bond acceptors (Lipinski definition) is 1. The van der Waals surface area contributed by atoms with Gasteiger partial charge in [-0.25, -0.2) is 0 Å². The number of allylic oxidation sites excluding steroid dienone is 2. The number of unbranched alkanes of at least 4 members (excludes halogenated alkanes) is 1. The highest BCUT2D eigenvalue weighted by Gasteiger charge is 2.17. The fourth-order valence-corrected chi connectivity index (χ4v) is 1.38. The molecule has 1 aliphatic carbocycles. The summed E-state index contributed by atoms with van der Waals surface area (Å²) in [6.07, 6.45) is 12.6. The van der Waals surface area contributed by atoms with Crippen molar-refractivity contribution in [3.05, 3.63) is 12.2 Å². The van der Waals surface area contributed by atoms with Gasteiger partial charge in [0.2, 0.25) is 5.91 Å². The topological polar surface area (TPSA) is 29.1 Å². The van der Waals surface area contributed by atoms with Crippen LogP contribution in [0.3, 0.4) is 0 Å². The fourth-order valence-electron chi connectivity index (χ4n) is 1.38. The molecule has 0 aromatic heterocycles. The minimum absolute atomic E-state index is 0.169. The molecule has 70 valence electrons. The van der Waals surface area contributed by atoms with E-state index < -0.39 is 0 Å². The van der Waals surface area contributed by atoms with Crippen LogP contribution >= 0.6 is 0 Å². The Morgan fingerprint density at radius 1 is 1.54 bits per heavy atom. The summed E-state index contributed by atoms with van der Waals surface area (Å²) in [4.78, 5) is 11.4. The van der Waals surface area contributed by atoms with Crippen LogP contribution in [0.4, 0.5) is 0 Å². The second-order valence-corrected chi connectivity index (χ2v) is 3.24. The maximum Gasteiger partial charge on any atom is 0.223 e. The molecule has 0 aromatic rings. The molecule has 0 aliphatic heterocycles. The lowest BCUT2D eigenvalue weighted by atomic mass is 10.1. The summed E-state index contributed by atoms with van der Waals surface area (Å²) >= 11 is 0. The standard InChI is InChI=1S/C11H15NO/c1-2-3-6-9-12-11(13)10-7-4-5-8-10/h1,4-5,10H,3,6-9H2,(H,12,13). The van der Waals surface area contributed by atoms with Crippen molar-refractivity contribution in [2.24, 2.45) is 5.92 Å². The van der Waals surface area contributed by atoms with Crippen molar-refractivity contribution in [1.82, 2.24) is 5.32 Å². The molecule has 0 atom stereocenters. The average molecular weight is 177 g/mol. The Morgan fingerprint density at radius 2 is 2.23 bits per heavy atom. The summed E-state index contributed by atoms with van der Waals surface area (Å²) < 4.78 is 0. The molecule has 2 nitrogen and oxygen atoms in total. The van der Waals surface area contributed by atoms with Crippen LogP contribution in [0.15, 0.2) is 12.2 Å². The third-order valence-corrected chi connectivity index (χ3v) is 2.18. The van der Waals surface area contributed by atoms with Crippen LogP contribution in [-0.2, 0) is 4.79 Å². The minimum atomic E-state index is 0.169. The predicted molar refractivity (Wildman–Crippen MR) is 52.9 cm³/mol. The maximum atomic E-state index is 11.4. The maximum absolute atomic E-state index is 11.4. The fraction of sp³-hybridized carbons (Fsp3) is 0.545. The van der Waals surface area contributed by atoms with Gasteiger partial charge in [0.05, 0.1) is 0 Å². The summed E-state index contributed by atoms with van der Waals surface area (Å²) in [7, 11) is 0. The first-order valence-corrected chi connectivity index (χ1v) is 4.70. The molecule has 1 N–H and O–H groups in total. The molecule has 0 heterocycles. The molecule has 1 amide bonds. The number of amides is 1. The second kappa shape index (κ2) is 5.42. The van der Waals surface area contributed by atoms with Crippen molar-refractivity contribution in [3.63, 3.8) is 0 Å². The Bertz CT molecular complexity index is 229. The molecule has 0 aromatic carbocycles. The molecule has 1 aliphatic rings. The lowest BCUT2D eigenvalue weighted by Crippen LogP contribution is -2.30. The van der Waals surface area contributed by atoms with Gasteiger partial charge in [-0.2, -0.15) is 0 Å². The minimum Gasteiger partial charge on any atom is -0.356 e. The number of terminal acetylenes is 1. The van der Waals surface area contributed by atoms with Gasteiger partial charge in [-0.05, 0) is 19.3 Å². The summed E-state index contributed by atoms with van der Waals surface area (Å²) in [5, 5.41) is 2.88. The number of carbonyl (C=O) groups is 1. The monoisotopic (exact) mass is 177 g/mol. The van der Waals surface area contributed by atoms with E-state index in [9.17, 15) is 4.79 Å². The molecule has 0 saturated carbocycles. The Labute approximate surface area is 79.4 Å². The van der Waals surface area contributed by atoms with Gasteiger partial charge in [0.25, 0.3) is 0 Å². The first kappa shape index (κ1) is 9.85. The zero-order valence-corrected chi connectivity index (χ0v) is 7.75. The van der Waals surface area contributed by atoms with Gasteiger partial charge in [-0.3, -0.25) is 4.79 Å². The van der Waals surface area contributed by atoms with E-state index >= 15 is 0 Å². The SMILES string of the molecule is C#CCCCNC(=O)C1CC=CC1. The molecule has 0 spiro atoms. The normalized spacial score (nSPS) is 15.6. The largest absolute Gasteiger partial charge is 0.356 e. The van der Waals surface area contributed by atoms with Gasteiger partial charge in [0.1, 0.15) is 0 Å². The molecule has 0 fully saturated rings. The third-order valence-electron chi connectivity index (χ3n) is 2.18. The van der Waals surface area contributed by atoms with Crippen LogP contribution < -0.4 is 5.32 Å². The summed E-state index contributed by atoms with van der Waals surface area (Å²) in [5.41, 5.74) is 0. The first-order valence-electron chi connectivity index (χ1n) is 4.70. The van der Waals surface area contributed by atoms with Crippen molar-refractivity contribution in [1.29, 1.82) is 0 Å². The summed E-state index contributed by atoms with van der Waals surface area (Å²) in [6.45, 7) is 0.708. The molecule has 13 heavy (non-hydrogen) atoms. The van der Waals surface area contributed by atoms with Crippen LogP contribution in [0.1, 0.15) is 25.7 Å². The van der Waals surface area contributed by atoms with Gasteiger partial charge in [0, 0.05) is 18.9 Å². The third kappa shape index (κ3) is 3.33. The van der Waals surface area contributed by atoms with Crippen LogP contribution in [0.25, 0.3) is 0 Å². The number of rotatable bonds is 4. The lowest BCUT2D eigenvalue weighted by Gasteiger charge is -2.09. The smallest absolute Gasteiger partial charge is 0.223 e. The second-order valence-electron chi connectivity index (χ2n) is 3.24. The lowest BCUT2D eigenvalue weighted by molar-refractivity contribution is -0.124. The zero-order valence-electron chi connectivity index (χ0n) is 7.75. The summed E-state index contributed by atoms with van der Waals surface area (Å²) in [5.74, 6) is 2.89. The molecule has 2 heteroatoms. The van der Waals surface area contributed by atoms with Crippen molar-refractivity contribution >= 4 is 5.91 Å². The van der Waals surface area contributed by atoms with E-state index in [1.807, 2.05) is 0 Å². The molecule has 0 radical (unpaired) electrons. The van der Waals surface area contributed by atoms with Gasteiger partial charge < -0.3 is 5.32 Å². The Kier molecular flexibility index (Phi) is 4.11. The van der Waals surface area contributed by atoms with E-state index in [0.717, 1.165) is 25.7 Å². The molecule has 0 unspecified atom stereocenters. The van der Waals surface area contributed by atoms with Crippen LogP contribution in [0.5, 0.6) is 0 Å². The van der Waals surface area contributed by atoms with Crippen molar-refractivity contribution in [3.8, 4) is 12.3 Å². The molecule has 0 bridgehead atoms. The van der Waals surface area contributed by atoms with E-state index in [0.29, 0.717) is 6.54 Å². The number of hydrogen-bond donors (Lipinski definition) is 1. The highest BCUT2D eigenvalue weighted by atomic mass is 16.1. The highest BCUT2D eigenvalue weighted by Crippen LogP contribution is 2.17. The molecule has 0 saturated heterocycles. The van der Waals surface area contributed by atoms with Crippen LogP contribution in [-0.4, -0.2) is 12.5 Å². The Balaban J connectivity index is 2.08. The van der Waals surface area contributed by atoms with Crippen molar-refractivity contribution in [2.45, 2.75) is 25.7 Å². The van der Waals surface area contributed by atoms with E-state index in [4.69, 9.17) is 6.42 Å². The van der Waals surface area contributed by atoms with E-state index in [1.54, 1.807) is 0 Å². The van der Waals surface area contributed by atoms with Crippen molar-refractivity contribution < 1.29 is 4.79 Å². The highest BCUT2D eigenvalue weighted by molar-refractivity contribution is 5.79. The Hall–Kier alpha value is -1.23. The average Bonchev–Trinajstić information content (AvgIpc) is 2.65. The van der Waals surface area contributed by atoms with Gasteiger partial charge in [-0.1, -0.05) is 12.2 Å². The van der Waals surface area contributed by atoms with Crippen LogP contribution in [0.2, 0.25) is 0 Å². The van der Waals surface area contributed by atoms with Gasteiger partial charge in [-0.15, -0.1) is 12.3 Å². The van der Waals surface area contributed by atoms with Gasteiger partial charge >= 0.3 is 0 Å². The zero-order chi connectivity index (χ0) is 9.52. The quantitative estimate of drug-likeness (QED) is 0.393. The number of nitrogens with one attached hydrogen (secondary N) is 1.